The van der Waals surface area contributed by atoms with Gasteiger partial charge in [-0.2, -0.15) is 0 Å². The van der Waals surface area contributed by atoms with E-state index in [2.05, 4.69) is 0 Å². The molecule has 1 aliphatic heterocycles. The molecule has 1 aliphatic carbocycles. The molecule has 1 saturated carbocycles. The van der Waals surface area contributed by atoms with Gasteiger partial charge in [-0.25, -0.2) is 0 Å². The van der Waals surface area contributed by atoms with Gasteiger partial charge in [0.1, 0.15) is 6.79 Å². The van der Waals surface area contributed by atoms with Crippen molar-refractivity contribution in [3.63, 3.8) is 0 Å². The number of hydrogen-bond donors (Lipinski definition) is 2. The highest BCUT2D eigenvalue weighted by atomic mass is 16.7. The summed E-state index contributed by atoms with van der Waals surface area (Å²) in [7, 11) is 1.56. The molecule has 2 N–H and O–H groups in total. The van der Waals surface area contributed by atoms with Gasteiger partial charge < -0.3 is 29.2 Å². The fraction of sp³-hybridized carbons (Fsp3) is 0.882. The molecular formula is C17H30O6. The molecule has 23 heavy (non-hydrogen) atoms. The third kappa shape index (κ3) is 3.95. The first-order chi connectivity index (χ1) is 10.7. The second-order valence-corrected chi connectivity index (χ2v) is 7.27. The minimum absolute atomic E-state index is 0.168. The monoisotopic (exact) mass is 330 g/mol. The minimum Gasteiger partial charge on any atom is -0.389 e. The molecule has 1 heterocycles. The van der Waals surface area contributed by atoms with Crippen LogP contribution in [0, 0.1) is 11.3 Å². The van der Waals surface area contributed by atoms with Gasteiger partial charge in [-0.15, -0.1) is 0 Å². The van der Waals surface area contributed by atoms with Crippen molar-refractivity contribution in [2.75, 3.05) is 33.7 Å². The summed E-state index contributed by atoms with van der Waals surface area (Å²) in [4.78, 5) is 0. The van der Waals surface area contributed by atoms with Crippen molar-refractivity contribution >= 4 is 0 Å². The van der Waals surface area contributed by atoms with Crippen LogP contribution in [-0.4, -0.2) is 61.4 Å². The predicted octanol–water partition coefficient (Wildman–Crippen LogP) is 1.45. The number of rotatable bonds is 6. The summed E-state index contributed by atoms with van der Waals surface area (Å²) >= 11 is 0. The molecule has 134 valence electrons. The Morgan fingerprint density at radius 2 is 1.96 bits per heavy atom. The van der Waals surface area contributed by atoms with Crippen LogP contribution in [0.4, 0.5) is 0 Å². The van der Waals surface area contributed by atoms with Crippen LogP contribution < -0.4 is 0 Å². The van der Waals surface area contributed by atoms with Crippen molar-refractivity contribution in [3.8, 4) is 0 Å². The average Bonchev–Trinajstić information content (AvgIpc) is 2.90. The zero-order valence-electron chi connectivity index (χ0n) is 14.6. The third-order valence-corrected chi connectivity index (χ3v) is 4.94. The lowest BCUT2D eigenvalue weighted by Gasteiger charge is -2.54. The molecule has 0 radical (unpaired) electrons. The lowest BCUT2D eigenvalue weighted by Crippen LogP contribution is -2.60. The summed E-state index contributed by atoms with van der Waals surface area (Å²) in [5.74, 6) is -0.885. The van der Waals surface area contributed by atoms with Crippen molar-refractivity contribution in [1.29, 1.82) is 0 Å². The van der Waals surface area contributed by atoms with Crippen LogP contribution in [0.5, 0.6) is 0 Å². The van der Waals surface area contributed by atoms with Crippen LogP contribution in [0.25, 0.3) is 0 Å². The molecule has 2 fully saturated rings. The van der Waals surface area contributed by atoms with Crippen molar-refractivity contribution in [3.05, 3.63) is 12.2 Å². The van der Waals surface area contributed by atoms with E-state index in [0.717, 1.165) is 0 Å². The molecule has 3 atom stereocenters. The van der Waals surface area contributed by atoms with E-state index in [-0.39, 0.29) is 12.7 Å². The summed E-state index contributed by atoms with van der Waals surface area (Å²) < 4.78 is 22.2. The Morgan fingerprint density at radius 3 is 2.52 bits per heavy atom. The van der Waals surface area contributed by atoms with Gasteiger partial charge in [0.15, 0.2) is 5.79 Å². The molecule has 1 saturated heterocycles. The summed E-state index contributed by atoms with van der Waals surface area (Å²) in [5, 5.41) is 21.0. The Bertz CT molecular complexity index is 413. The van der Waals surface area contributed by atoms with E-state index in [9.17, 15) is 10.2 Å². The van der Waals surface area contributed by atoms with Gasteiger partial charge in [-0.1, -0.05) is 26.0 Å². The van der Waals surface area contributed by atoms with Crippen molar-refractivity contribution in [2.45, 2.75) is 51.1 Å². The van der Waals surface area contributed by atoms with Crippen LogP contribution in [0.1, 0.15) is 33.6 Å². The Morgan fingerprint density at radius 1 is 1.30 bits per heavy atom. The van der Waals surface area contributed by atoms with Crippen LogP contribution >= 0.6 is 0 Å². The lowest BCUT2D eigenvalue weighted by atomic mass is 9.58. The molecule has 0 aromatic carbocycles. The number of hydrogen-bond acceptors (Lipinski definition) is 6. The van der Waals surface area contributed by atoms with Gasteiger partial charge >= 0.3 is 0 Å². The molecule has 2 aliphatic rings. The first-order valence-corrected chi connectivity index (χ1v) is 8.19. The van der Waals surface area contributed by atoms with E-state index in [1.165, 1.54) is 0 Å². The van der Waals surface area contributed by atoms with Crippen LogP contribution in [0.3, 0.4) is 0 Å². The highest BCUT2D eigenvalue weighted by molar-refractivity contribution is 5.17. The summed E-state index contributed by atoms with van der Waals surface area (Å²) in [5.41, 5.74) is -1.62. The number of aliphatic hydroxyl groups excluding tert-OH is 1. The fourth-order valence-electron chi connectivity index (χ4n) is 3.79. The Hall–Kier alpha value is -0.500. The average molecular weight is 330 g/mol. The smallest absolute Gasteiger partial charge is 0.169 e. The second kappa shape index (κ2) is 7.17. The highest BCUT2D eigenvalue weighted by Gasteiger charge is 2.59. The van der Waals surface area contributed by atoms with E-state index in [0.29, 0.717) is 32.7 Å². The highest BCUT2D eigenvalue weighted by Crippen LogP contribution is 2.54. The normalized spacial score (nSPS) is 34.3. The zero-order chi connectivity index (χ0) is 17.1. The third-order valence-electron chi connectivity index (χ3n) is 4.94. The first-order valence-electron chi connectivity index (χ1n) is 8.19. The van der Waals surface area contributed by atoms with Gasteiger partial charge in [-0.05, 0) is 6.92 Å². The summed E-state index contributed by atoms with van der Waals surface area (Å²) in [6, 6.07) is 0. The summed E-state index contributed by atoms with van der Waals surface area (Å²) in [6.45, 7) is 7.29. The molecule has 2 rings (SSSR count). The van der Waals surface area contributed by atoms with Crippen LogP contribution in [-0.2, 0) is 18.9 Å². The molecule has 0 amide bonds. The maximum absolute atomic E-state index is 11.4. The van der Waals surface area contributed by atoms with E-state index < -0.39 is 22.9 Å². The predicted molar refractivity (Wildman–Crippen MR) is 84.7 cm³/mol. The van der Waals surface area contributed by atoms with Crippen LogP contribution in [0.15, 0.2) is 12.2 Å². The molecule has 2 unspecified atom stereocenters. The van der Waals surface area contributed by atoms with Gasteiger partial charge in [0.25, 0.3) is 0 Å². The SMILES string of the molecule is COCOCC1CC2(CC(C)(C)C1(O)/C=C/[C@H](C)O)OCCO2. The van der Waals surface area contributed by atoms with Gasteiger partial charge in [-0.3, -0.25) is 0 Å². The van der Waals surface area contributed by atoms with Crippen molar-refractivity contribution in [1.82, 2.24) is 0 Å². The Balaban J connectivity index is 2.27. The van der Waals surface area contributed by atoms with Gasteiger partial charge in [0, 0.05) is 31.3 Å². The van der Waals surface area contributed by atoms with Gasteiger partial charge in [0.2, 0.25) is 0 Å². The maximum Gasteiger partial charge on any atom is 0.169 e. The molecule has 1 spiro atoms. The van der Waals surface area contributed by atoms with Crippen molar-refractivity contribution in [2.24, 2.45) is 11.3 Å². The summed E-state index contributed by atoms with van der Waals surface area (Å²) in [6.07, 6.45) is 3.84. The van der Waals surface area contributed by atoms with Crippen molar-refractivity contribution < 1.29 is 29.2 Å². The number of ether oxygens (including phenoxy) is 4. The molecule has 0 aromatic rings. The van der Waals surface area contributed by atoms with E-state index >= 15 is 0 Å². The molecule has 0 bridgehead atoms. The fourth-order valence-corrected chi connectivity index (χ4v) is 3.79. The Labute approximate surface area is 138 Å². The Kier molecular flexibility index (Phi) is 5.87. The molecule has 6 heteroatoms. The van der Waals surface area contributed by atoms with E-state index in [1.54, 1.807) is 26.2 Å². The first kappa shape index (κ1) is 18.8. The molecule has 0 aromatic heterocycles. The lowest BCUT2D eigenvalue weighted by molar-refractivity contribution is -0.261. The van der Waals surface area contributed by atoms with E-state index in [4.69, 9.17) is 18.9 Å². The minimum atomic E-state index is -1.13. The topological polar surface area (TPSA) is 77.4 Å². The molecular weight excluding hydrogens is 300 g/mol. The zero-order valence-corrected chi connectivity index (χ0v) is 14.6. The van der Waals surface area contributed by atoms with Gasteiger partial charge in [0.05, 0.1) is 31.5 Å². The largest absolute Gasteiger partial charge is 0.389 e. The standard InChI is InChI=1S/C17H30O6/c1-13(18)5-6-17(19)14(10-21-12-20-4)9-16(11-15(17,2)3)22-7-8-23-16/h5-6,13-14,18-19H,7-12H2,1-4H3/b6-5+/t13-,14?,17?/m0/s1. The quantitative estimate of drug-likeness (QED) is 0.436. The number of methoxy groups -OCH3 is 1. The van der Waals surface area contributed by atoms with Crippen LogP contribution in [0.2, 0.25) is 0 Å². The number of aliphatic hydroxyl groups is 2. The second-order valence-electron chi connectivity index (χ2n) is 7.27. The maximum atomic E-state index is 11.4. The molecule has 6 nitrogen and oxygen atoms in total. The van der Waals surface area contributed by atoms with E-state index in [1.807, 2.05) is 13.8 Å².